The zero-order chi connectivity index (χ0) is 19.8. The Morgan fingerprint density at radius 3 is 2.75 bits per heavy atom. The second-order valence-electron chi connectivity index (χ2n) is 7.10. The number of nitrogens with one attached hydrogen (secondary N) is 3. The molecule has 1 heterocycles. The van der Waals surface area contributed by atoms with E-state index in [1.165, 1.54) is 0 Å². The molecule has 5 nitrogen and oxygen atoms in total. The van der Waals surface area contributed by atoms with Gasteiger partial charge in [0, 0.05) is 25.6 Å². The van der Waals surface area contributed by atoms with E-state index >= 15 is 4.39 Å². The Hall–Kier alpha value is -1.99. The summed E-state index contributed by atoms with van der Waals surface area (Å²) in [7, 11) is 3.69. The molecule has 0 aliphatic carbocycles. The number of hydrogen-bond donors (Lipinski definition) is 3. The molecule has 1 fully saturated rings. The van der Waals surface area contributed by atoms with Crippen LogP contribution in [-0.4, -0.2) is 40.1 Å². The Kier molecular flexibility index (Phi) is 7.39. The van der Waals surface area contributed by atoms with Crippen LogP contribution in [0.25, 0.3) is 0 Å². The molecule has 2 aromatic rings. The summed E-state index contributed by atoms with van der Waals surface area (Å²) in [6.07, 6.45) is 0.103. The minimum absolute atomic E-state index is 0.216. The van der Waals surface area contributed by atoms with E-state index in [0.29, 0.717) is 44.2 Å². The fourth-order valence-electron chi connectivity index (χ4n) is 3.71. The first kappa shape index (κ1) is 20.7. The molecule has 0 amide bonds. The van der Waals surface area contributed by atoms with Crippen LogP contribution < -0.4 is 20.7 Å². The quantitative estimate of drug-likeness (QED) is 0.578. The first-order valence-electron chi connectivity index (χ1n) is 9.76. The first-order valence-corrected chi connectivity index (χ1v) is 9.76. The zero-order valence-electron chi connectivity index (χ0n) is 16.6. The third kappa shape index (κ3) is 4.89. The normalized spacial score (nSPS) is 23.3. The molecule has 6 heteroatoms. The molecule has 3 N–H and O–H groups in total. The highest BCUT2D eigenvalue weighted by molar-refractivity contribution is 5.34. The monoisotopic (exact) mass is 387 g/mol. The fraction of sp³-hybridized carbons (Fsp3) is 0.455. The van der Waals surface area contributed by atoms with Crippen LogP contribution in [0.2, 0.25) is 0 Å². The summed E-state index contributed by atoms with van der Waals surface area (Å²) in [4.78, 5) is 0. The van der Waals surface area contributed by atoms with Crippen LogP contribution in [-0.2, 0) is 17.0 Å². The van der Waals surface area contributed by atoms with Crippen molar-refractivity contribution in [2.45, 2.75) is 24.9 Å². The second-order valence-corrected chi connectivity index (χ2v) is 7.10. The Balaban J connectivity index is 1.78. The first-order chi connectivity index (χ1) is 13.7. The molecule has 0 spiro atoms. The van der Waals surface area contributed by atoms with Crippen molar-refractivity contribution >= 4 is 0 Å². The van der Waals surface area contributed by atoms with Crippen molar-refractivity contribution in [3.8, 4) is 5.75 Å². The van der Waals surface area contributed by atoms with Gasteiger partial charge in [-0.15, -0.1) is 0 Å². The Bertz CT molecular complexity index is 731. The molecular formula is C22H30FN3O2. The summed E-state index contributed by atoms with van der Waals surface area (Å²) in [5.41, 5.74) is 0.217. The molecule has 152 valence electrons. The lowest BCUT2D eigenvalue weighted by molar-refractivity contribution is -0.0837. The van der Waals surface area contributed by atoms with E-state index < -0.39 is 5.67 Å². The minimum Gasteiger partial charge on any atom is -0.489 e. The summed E-state index contributed by atoms with van der Waals surface area (Å²) >= 11 is 0. The van der Waals surface area contributed by atoms with Gasteiger partial charge in [0.2, 0.25) is 0 Å². The summed E-state index contributed by atoms with van der Waals surface area (Å²) in [5, 5.41) is 9.54. The van der Waals surface area contributed by atoms with Crippen LogP contribution in [0, 0.1) is 5.92 Å². The van der Waals surface area contributed by atoms with Gasteiger partial charge in [-0.1, -0.05) is 42.5 Å². The van der Waals surface area contributed by atoms with Gasteiger partial charge in [0.05, 0.1) is 12.8 Å². The SMILES string of the molecule is CNCNC(NC)C1COCCC1(F)c1cccc(OCc2ccccc2)c1. The molecule has 28 heavy (non-hydrogen) atoms. The summed E-state index contributed by atoms with van der Waals surface area (Å²) in [5.74, 6) is 0.316. The minimum atomic E-state index is -1.50. The smallest absolute Gasteiger partial charge is 0.146 e. The predicted octanol–water partition coefficient (Wildman–Crippen LogP) is 2.78. The van der Waals surface area contributed by atoms with Gasteiger partial charge in [-0.25, -0.2) is 4.39 Å². The molecule has 0 bridgehead atoms. The van der Waals surface area contributed by atoms with Crippen molar-refractivity contribution < 1.29 is 13.9 Å². The molecule has 1 aliphatic rings. The van der Waals surface area contributed by atoms with E-state index in [-0.39, 0.29) is 12.1 Å². The van der Waals surface area contributed by atoms with Gasteiger partial charge in [0.25, 0.3) is 0 Å². The molecule has 0 aromatic heterocycles. The maximum absolute atomic E-state index is 16.3. The second kappa shape index (κ2) is 9.98. The Morgan fingerprint density at radius 2 is 2.00 bits per heavy atom. The van der Waals surface area contributed by atoms with Gasteiger partial charge in [0.15, 0.2) is 0 Å². The van der Waals surface area contributed by atoms with Gasteiger partial charge >= 0.3 is 0 Å². The third-order valence-corrected chi connectivity index (χ3v) is 5.27. The predicted molar refractivity (Wildman–Crippen MR) is 109 cm³/mol. The van der Waals surface area contributed by atoms with Gasteiger partial charge in [-0.3, -0.25) is 5.32 Å². The van der Waals surface area contributed by atoms with Crippen molar-refractivity contribution in [2.75, 3.05) is 34.0 Å². The van der Waals surface area contributed by atoms with E-state index in [4.69, 9.17) is 9.47 Å². The molecule has 1 saturated heterocycles. The highest BCUT2D eigenvalue weighted by Gasteiger charge is 2.47. The van der Waals surface area contributed by atoms with Crippen LogP contribution in [0.5, 0.6) is 5.75 Å². The van der Waals surface area contributed by atoms with Crippen molar-refractivity contribution in [2.24, 2.45) is 5.92 Å². The van der Waals surface area contributed by atoms with E-state index in [1.807, 2.05) is 68.7 Å². The molecule has 3 unspecified atom stereocenters. The summed E-state index contributed by atoms with van der Waals surface area (Å²) in [6, 6.07) is 17.4. The van der Waals surface area contributed by atoms with E-state index in [0.717, 1.165) is 5.56 Å². The third-order valence-electron chi connectivity index (χ3n) is 5.27. The van der Waals surface area contributed by atoms with E-state index in [1.54, 1.807) is 0 Å². The van der Waals surface area contributed by atoms with Crippen LogP contribution in [0.3, 0.4) is 0 Å². The highest BCUT2D eigenvalue weighted by Crippen LogP contribution is 2.42. The van der Waals surface area contributed by atoms with Crippen molar-refractivity contribution in [1.29, 1.82) is 0 Å². The van der Waals surface area contributed by atoms with Crippen molar-refractivity contribution in [3.63, 3.8) is 0 Å². The Labute approximate surface area is 166 Å². The fourth-order valence-corrected chi connectivity index (χ4v) is 3.71. The maximum atomic E-state index is 16.3. The van der Waals surface area contributed by atoms with Gasteiger partial charge in [-0.2, -0.15) is 0 Å². The molecule has 0 saturated carbocycles. The van der Waals surface area contributed by atoms with E-state index in [9.17, 15) is 0 Å². The average molecular weight is 387 g/mol. The molecule has 3 rings (SSSR count). The van der Waals surface area contributed by atoms with Crippen LogP contribution in [0.4, 0.5) is 4.39 Å². The lowest BCUT2D eigenvalue weighted by Crippen LogP contribution is -2.57. The number of rotatable bonds is 9. The highest BCUT2D eigenvalue weighted by atomic mass is 19.1. The number of alkyl halides is 1. The topological polar surface area (TPSA) is 54.5 Å². The van der Waals surface area contributed by atoms with E-state index in [2.05, 4.69) is 16.0 Å². The molecule has 1 aliphatic heterocycles. The molecule has 3 atom stereocenters. The van der Waals surface area contributed by atoms with Gasteiger partial charge in [-0.05, 0) is 37.4 Å². The van der Waals surface area contributed by atoms with Gasteiger partial charge in [0.1, 0.15) is 18.0 Å². The summed E-state index contributed by atoms with van der Waals surface area (Å²) in [6.45, 7) is 1.80. The lowest BCUT2D eigenvalue weighted by atomic mass is 9.77. The van der Waals surface area contributed by atoms with Crippen molar-refractivity contribution in [1.82, 2.24) is 16.0 Å². The summed E-state index contributed by atoms with van der Waals surface area (Å²) < 4.78 is 27.9. The number of hydrogen-bond acceptors (Lipinski definition) is 5. The molecular weight excluding hydrogens is 357 g/mol. The average Bonchev–Trinajstić information content (AvgIpc) is 2.75. The standard InChI is InChI=1S/C22H30FN3O2/c1-24-16-26-21(25-2)20-15-27-12-11-22(20,23)18-9-6-10-19(13-18)28-14-17-7-4-3-5-8-17/h3-10,13,20-21,24-26H,11-12,14-16H2,1-2H3. The Morgan fingerprint density at radius 1 is 1.18 bits per heavy atom. The number of ether oxygens (including phenoxy) is 2. The van der Waals surface area contributed by atoms with Crippen LogP contribution >= 0.6 is 0 Å². The largest absolute Gasteiger partial charge is 0.489 e. The van der Waals surface area contributed by atoms with Crippen molar-refractivity contribution in [3.05, 3.63) is 65.7 Å². The lowest BCUT2D eigenvalue weighted by Gasteiger charge is -2.42. The molecule has 2 aromatic carbocycles. The van der Waals surface area contributed by atoms with Crippen LogP contribution in [0.1, 0.15) is 17.5 Å². The van der Waals surface area contributed by atoms with Gasteiger partial charge < -0.3 is 20.1 Å². The number of benzene rings is 2. The molecule has 0 radical (unpaired) electrons. The maximum Gasteiger partial charge on any atom is 0.146 e. The van der Waals surface area contributed by atoms with Crippen LogP contribution in [0.15, 0.2) is 54.6 Å². The zero-order valence-corrected chi connectivity index (χ0v) is 16.6. The number of halogens is 1.